The lowest BCUT2D eigenvalue weighted by molar-refractivity contribution is 0.0888. The van der Waals surface area contributed by atoms with Crippen molar-refractivity contribution in [2.45, 2.75) is 33.4 Å². The molecule has 0 saturated heterocycles. The number of hydrogen-bond donors (Lipinski definition) is 1. The molecular weight excluding hydrogens is 324 g/mol. The van der Waals surface area contributed by atoms with Crippen LogP contribution in [0.4, 0.5) is 0 Å². The lowest BCUT2D eigenvalue weighted by atomic mass is 10.1. The van der Waals surface area contributed by atoms with Crippen LogP contribution >= 0.6 is 11.6 Å². The summed E-state index contributed by atoms with van der Waals surface area (Å²) in [4.78, 5) is 0. The lowest BCUT2D eigenvalue weighted by Crippen LogP contribution is -2.25. The summed E-state index contributed by atoms with van der Waals surface area (Å²) in [5.74, 6) is 0.582. The second-order valence-corrected chi connectivity index (χ2v) is 6.42. The van der Waals surface area contributed by atoms with E-state index in [9.17, 15) is 5.11 Å². The fraction of sp³-hybridized carbons (Fsp3) is 0.316. The normalized spacial score (nSPS) is 12.5. The van der Waals surface area contributed by atoms with E-state index >= 15 is 0 Å². The number of rotatable bonds is 5. The van der Waals surface area contributed by atoms with Crippen LogP contribution in [0.5, 0.6) is 5.75 Å². The van der Waals surface area contributed by atoms with E-state index in [4.69, 9.17) is 16.3 Å². The fourth-order valence-electron chi connectivity index (χ4n) is 2.73. The van der Waals surface area contributed by atoms with E-state index < -0.39 is 6.10 Å². The van der Waals surface area contributed by atoms with Crippen molar-refractivity contribution in [2.75, 3.05) is 6.61 Å². The Labute approximate surface area is 146 Å². The van der Waals surface area contributed by atoms with Crippen molar-refractivity contribution in [2.24, 2.45) is 0 Å². The van der Waals surface area contributed by atoms with Gasteiger partial charge in [0.25, 0.3) is 0 Å². The molecule has 1 unspecified atom stereocenters. The molecule has 0 aliphatic rings. The molecular formula is C19H21ClN2O2. The van der Waals surface area contributed by atoms with Crippen molar-refractivity contribution < 1.29 is 9.84 Å². The monoisotopic (exact) mass is 344 g/mol. The highest BCUT2D eigenvalue weighted by atomic mass is 35.5. The quantitative estimate of drug-likeness (QED) is 0.759. The van der Waals surface area contributed by atoms with Crippen molar-refractivity contribution in [1.82, 2.24) is 9.78 Å². The van der Waals surface area contributed by atoms with Gasteiger partial charge in [-0.15, -0.1) is 0 Å². The minimum absolute atomic E-state index is 0.162. The fourth-order valence-corrected chi connectivity index (χ4v) is 3.02. The molecule has 3 aromatic rings. The van der Waals surface area contributed by atoms with Crippen LogP contribution in [0.25, 0.3) is 10.8 Å². The average molecular weight is 345 g/mol. The third-order valence-corrected chi connectivity index (χ3v) is 4.78. The number of benzene rings is 2. The van der Waals surface area contributed by atoms with E-state index in [0.29, 0.717) is 17.3 Å². The van der Waals surface area contributed by atoms with E-state index in [-0.39, 0.29) is 6.61 Å². The molecule has 1 aromatic heterocycles. The van der Waals surface area contributed by atoms with Crippen molar-refractivity contribution in [3.05, 3.63) is 58.4 Å². The topological polar surface area (TPSA) is 47.3 Å². The maximum absolute atomic E-state index is 10.3. The molecule has 0 saturated carbocycles. The Kier molecular flexibility index (Phi) is 4.78. The SMILES string of the molecule is Cc1nn(CC(O)COc2ccc3ccccc3c2Cl)c(C)c1C. The number of fused-ring (bicyclic) bond motifs is 1. The highest BCUT2D eigenvalue weighted by molar-refractivity contribution is 6.37. The Hall–Kier alpha value is -2.04. The van der Waals surface area contributed by atoms with Crippen molar-refractivity contribution >= 4 is 22.4 Å². The third kappa shape index (κ3) is 3.25. The number of hydrogen-bond acceptors (Lipinski definition) is 3. The Balaban J connectivity index is 1.69. The zero-order valence-corrected chi connectivity index (χ0v) is 14.8. The number of ether oxygens (including phenoxy) is 1. The van der Waals surface area contributed by atoms with E-state index in [1.54, 1.807) is 0 Å². The maximum atomic E-state index is 10.3. The zero-order valence-electron chi connectivity index (χ0n) is 14.1. The van der Waals surface area contributed by atoms with Crippen LogP contribution in [0, 0.1) is 20.8 Å². The number of nitrogens with zero attached hydrogens (tertiary/aromatic N) is 2. The van der Waals surface area contributed by atoms with Crippen LogP contribution in [0.15, 0.2) is 36.4 Å². The predicted octanol–water partition coefficient (Wildman–Crippen LogP) is 4.05. The highest BCUT2D eigenvalue weighted by Crippen LogP contribution is 2.32. The van der Waals surface area contributed by atoms with Crippen LogP contribution in [-0.4, -0.2) is 27.6 Å². The molecule has 1 heterocycles. The first kappa shape index (κ1) is 16.8. The van der Waals surface area contributed by atoms with Crippen molar-refractivity contribution in [1.29, 1.82) is 0 Å². The third-order valence-electron chi connectivity index (χ3n) is 4.39. The van der Waals surface area contributed by atoms with Gasteiger partial charge in [0.05, 0.1) is 17.3 Å². The maximum Gasteiger partial charge on any atom is 0.138 e. The first-order valence-electron chi connectivity index (χ1n) is 7.96. The summed E-state index contributed by atoms with van der Waals surface area (Å²) in [6, 6.07) is 11.7. The van der Waals surface area contributed by atoms with Gasteiger partial charge in [0.15, 0.2) is 0 Å². The van der Waals surface area contributed by atoms with E-state index in [0.717, 1.165) is 27.7 Å². The molecule has 4 nitrogen and oxygen atoms in total. The molecule has 126 valence electrons. The molecule has 5 heteroatoms. The minimum atomic E-state index is -0.662. The largest absolute Gasteiger partial charge is 0.489 e. The number of aliphatic hydroxyl groups is 1. The smallest absolute Gasteiger partial charge is 0.138 e. The number of aryl methyl sites for hydroxylation is 1. The lowest BCUT2D eigenvalue weighted by Gasteiger charge is -2.15. The molecule has 0 amide bonds. The molecule has 0 bridgehead atoms. The van der Waals surface area contributed by atoms with Gasteiger partial charge in [-0.05, 0) is 37.8 Å². The number of halogens is 1. The van der Waals surface area contributed by atoms with Gasteiger partial charge in [-0.2, -0.15) is 5.10 Å². The van der Waals surface area contributed by atoms with Gasteiger partial charge in [-0.3, -0.25) is 4.68 Å². The van der Waals surface area contributed by atoms with E-state index in [1.807, 2.05) is 61.9 Å². The van der Waals surface area contributed by atoms with Gasteiger partial charge in [-0.25, -0.2) is 0 Å². The molecule has 3 rings (SSSR count). The van der Waals surface area contributed by atoms with Gasteiger partial charge < -0.3 is 9.84 Å². The highest BCUT2D eigenvalue weighted by Gasteiger charge is 2.14. The summed E-state index contributed by atoms with van der Waals surface area (Å²) < 4.78 is 7.55. The predicted molar refractivity (Wildman–Crippen MR) is 96.9 cm³/mol. The molecule has 0 radical (unpaired) electrons. The molecule has 2 aromatic carbocycles. The molecule has 1 atom stereocenters. The Morgan fingerprint density at radius 3 is 2.62 bits per heavy atom. The van der Waals surface area contributed by atoms with Crippen LogP contribution in [0.2, 0.25) is 5.02 Å². The van der Waals surface area contributed by atoms with E-state index in [2.05, 4.69) is 5.10 Å². The van der Waals surface area contributed by atoms with Gasteiger partial charge in [0, 0.05) is 11.1 Å². The number of aliphatic hydroxyl groups excluding tert-OH is 1. The Morgan fingerprint density at radius 2 is 1.92 bits per heavy atom. The van der Waals surface area contributed by atoms with Crippen molar-refractivity contribution in [3.8, 4) is 5.75 Å². The molecule has 1 N–H and O–H groups in total. The van der Waals surface area contributed by atoms with Gasteiger partial charge in [-0.1, -0.05) is 41.9 Å². The van der Waals surface area contributed by atoms with Crippen LogP contribution < -0.4 is 4.74 Å². The minimum Gasteiger partial charge on any atom is -0.489 e. The van der Waals surface area contributed by atoms with E-state index in [1.165, 1.54) is 0 Å². The molecule has 0 spiro atoms. The summed E-state index contributed by atoms with van der Waals surface area (Å²) in [5.41, 5.74) is 3.20. The summed E-state index contributed by atoms with van der Waals surface area (Å²) in [6.45, 7) is 6.56. The van der Waals surface area contributed by atoms with Crippen LogP contribution in [-0.2, 0) is 6.54 Å². The summed E-state index contributed by atoms with van der Waals surface area (Å²) in [7, 11) is 0. The first-order chi connectivity index (χ1) is 11.5. The molecule has 24 heavy (non-hydrogen) atoms. The average Bonchev–Trinajstić information content (AvgIpc) is 2.81. The zero-order chi connectivity index (χ0) is 17.3. The second kappa shape index (κ2) is 6.83. The van der Waals surface area contributed by atoms with Crippen LogP contribution in [0.3, 0.4) is 0 Å². The first-order valence-corrected chi connectivity index (χ1v) is 8.34. The molecule has 0 fully saturated rings. The standard InChI is InChI=1S/C19H21ClN2O2/c1-12-13(2)21-22(14(12)3)10-16(23)11-24-18-9-8-15-6-4-5-7-17(15)19(18)20/h4-9,16,23H,10-11H2,1-3H3. The summed E-state index contributed by atoms with van der Waals surface area (Å²) in [5, 5.41) is 17.3. The van der Waals surface area contributed by atoms with Crippen LogP contribution in [0.1, 0.15) is 17.0 Å². The summed E-state index contributed by atoms with van der Waals surface area (Å²) >= 11 is 6.41. The second-order valence-electron chi connectivity index (χ2n) is 6.04. The molecule has 0 aliphatic carbocycles. The Bertz CT molecular complexity index is 873. The van der Waals surface area contributed by atoms with Gasteiger partial charge in [0.2, 0.25) is 0 Å². The van der Waals surface area contributed by atoms with Gasteiger partial charge in [0.1, 0.15) is 18.5 Å². The Morgan fingerprint density at radius 1 is 1.17 bits per heavy atom. The molecule has 0 aliphatic heterocycles. The summed E-state index contributed by atoms with van der Waals surface area (Å²) in [6.07, 6.45) is -0.662. The number of aromatic nitrogens is 2. The van der Waals surface area contributed by atoms with Gasteiger partial charge >= 0.3 is 0 Å². The van der Waals surface area contributed by atoms with Crippen molar-refractivity contribution in [3.63, 3.8) is 0 Å².